The van der Waals surface area contributed by atoms with Crippen molar-refractivity contribution in [1.82, 2.24) is 5.32 Å². The second-order valence-electron chi connectivity index (χ2n) is 10.6. The number of aliphatic hydroxyl groups is 2. The Labute approximate surface area is 164 Å². The Hall–Kier alpha value is -0.640. The summed E-state index contributed by atoms with van der Waals surface area (Å²) >= 11 is 0. The van der Waals surface area contributed by atoms with Crippen molar-refractivity contribution < 1.29 is 10.2 Å². The molecule has 4 aliphatic carbocycles. The molecule has 0 aromatic carbocycles. The zero-order valence-corrected chi connectivity index (χ0v) is 17.1. The van der Waals surface area contributed by atoms with Gasteiger partial charge in [-0.05, 0) is 86.5 Å². The van der Waals surface area contributed by atoms with E-state index in [9.17, 15) is 10.2 Å². The highest BCUT2D eigenvalue weighted by atomic mass is 16.3. The predicted octanol–water partition coefficient (Wildman–Crippen LogP) is 3.96. The largest absolute Gasteiger partial charge is 0.393 e. The maximum absolute atomic E-state index is 11.2. The number of piperidine rings is 1. The van der Waals surface area contributed by atoms with E-state index >= 15 is 0 Å². The van der Waals surface area contributed by atoms with Crippen molar-refractivity contribution >= 4 is 0 Å². The van der Waals surface area contributed by atoms with Gasteiger partial charge in [0.05, 0.1) is 12.2 Å². The van der Waals surface area contributed by atoms with Crippen molar-refractivity contribution in [3.63, 3.8) is 0 Å². The molecule has 1 saturated heterocycles. The molecule has 5 rings (SSSR count). The fraction of sp³-hybridized carbons (Fsp3) is 0.833. The standard InChI is InChI=1S/C24H37NO2/c1-23-10-8-16(26)13-15(23)14-21(27)22-18-7-6-17(20-5-3-4-12-25-20)24(18,2)11-9-19(22)23/h6,14,16,18-22,25-27H,3-5,7-13H2,1-2H3/t16-,18+,19+,20?,21+,22+,23+,24-/m1/s1. The lowest BCUT2D eigenvalue weighted by atomic mass is 9.46. The van der Waals surface area contributed by atoms with Crippen LogP contribution in [0.25, 0.3) is 0 Å². The molecule has 8 atom stereocenters. The van der Waals surface area contributed by atoms with E-state index in [0.717, 1.165) is 32.2 Å². The minimum atomic E-state index is -0.333. The third-order valence-electron chi connectivity index (χ3n) is 9.43. The second kappa shape index (κ2) is 6.43. The Morgan fingerprint density at radius 2 is 1.81 bits per heavy atom. The fourth-order valence-corrected chi connectivity index (χ4v) is 7.89. The molecule has 3 fully saturated rings. The summed E-state index contributed by atoms with van der Waals surface area (Å²) in [6.45, 7) is 6.09. The summed E-state index contributed by atoms with van der Waals surface area (Å²) in [5.41, 5.74) is 3.46. The molecule has 5 aliphatic rings. The van der Waals surface area contributed by atoms with E-state index in [4.69, 9.17) is 0 Å². The molecule has 0 bridgehead atoms. The quantitative estimate of drug-likeness (QED) is 0.612. The summed E-state index contributed by atoms with van der Waals surface area (Å²) in [6.07, 6.45) is 14.5. The van der Waals surface area contributed by atoms with E-state index in [1.807, 2.05) is 0 Å². The van der Waals surface area contributed by atoms with Gasteiger partial charge in [0.25, 0.3) is 0 Å². The normalized spacial score (nSPS) is 52.3. The molecular weight excluding hydrogens is 334 g/mol. The van der Waals surface area contributed by atoms with Crippen LogP contribution in [-0.4, -0.2) is 35.0 Å². The van der Waals surface area contributed by atoms with Gasteiger partial charge in [0.15, 0.2) is 0 Å². The molecule has 0 amide bonds. The van der Waals surface area contributed by atoms with Gasteiger partial charge >= 0.3 is 0 Å². The summed E-state index contributed by atoms with van der Waals surface area (Å²) in [7, 11) is 0. The average molecular weight is 372 g/mol. The van der Waals surface area contributed by atoms with E-state index in [0.29, 0.717) is 23.8 Å². The first-order valence-corrected chi connectivity index (χ1v) is 11.4. The van der Waals surface area contributed by atoms with E-state index in [-0.39, 0.29) is 23.0 Å². The number of rotatable bonds is 1. The van der Waals surface area contributed by atoms with E-state index in [1.54, 1.807) is 5.57 Å². The van der Waals surface area contributed by atoms with Crippen LogP contribution >= 0.6 is 0 Å². The lowest BCUT2D eigenvalue weighted by Gasteiger charge is -2.59. The summed E-state index contributed by atoms with van der Waals surface area (Å²) in [5, 5.41) is 25.2. The van der Waals surface area contributed by atoms with Crippen LogP contribution in [0, 0.1) is 28.6 Å². The highest BCUT2D eigenvalue weighted by molar-refractivity contribution is 5.34. The minimum absolute atomic E-state index is 0.191. The topological polar surface area (TPSA) is 52.5 Å². The number of hydrogen-bond donors (Lipinski definition) is 3. The number of fused-ring (bicyclic) bond motifs is 5. The first-order chi connectivity index (χ1) is 12.9. The molecule has 27 heavy (non-hydrogen) atoms. The average Bonchev–Trinajstić information content (AvgIpc) is 3.01. The fourth-order valence-electron chi connectivity index (χ4n) is 7.89. The zero-order valence-electron chi connectivity index (χ0n) is 17.1. The first kappa shape index (κ1) is 18.4. The first-order valence-electron chi connectivity index (χ1n) is 11.4. The highest BCUT2D eigenvalue weighted by Crippen LogP contribution is 2.65. The number of aliphatic hydroxyl groups excluding tert-OH is 2. The van der Waals surface area contributed by atoms with Crippen LogP contribution in [-0.2, 0) is 0 Å². The van der Waals surface area contributed by atoms with E-state index in [1.165, 1.54) is 37.7 Å². The summed E-state index contributed by atoms with van der Waals surface area (Å²) < 4.78 is 0. The van der Waals surface area contributed by atoms with E-state index in [2.05, 4.69) is 31.3 Å². The Balaban J connectivity index is 1.46. The van der Waals surface area contributed by atoms with Crippen molar-refractivity contribution in [2.75, 3.05) is 6.54 Å². The minimum Gasteiger partial charge on any atom is -0.393 e. The van der Waals surface area contributed by atoms with Crippen molar-refractivity contribution in [2.45, 2.75) is 89.9 Å². The number of allylic oxidation sites excluding steroid dienone is 1. The number of nitrogens with one attached hydrogen (secondary N) is 1. The van der Waals surface area contributed by atoms with Crippen LogP contribution in [0.5, 0.6) is 0 Å². The van der Waals surface area contributed by atoms with Gasteiger partial charge in [-0.25, -0.2) is 0 Å². The molecule has 3 N–H and O–H groups in total. The summed E-state index contributed by atoms with van der Waals surface area (Å²) in [5.74, 6) is 1.53. The van der Waals surface area contributed by atoms with Crippen LogP contribution < -0.4 is 5.32 Å². The van der Waals surface area contributed by atoms with Gasteiger partial charge in [0.1, 0.15) is 0 Å². The van der Waals surface area contributed by atoms with Crippen LogP contribution in [0.15, 0.2) is 23.3 Å². The summed E-state index contributed by atoms with van der Waals surface area (Å²) in [4.78, 5) is 0. The van der Waals surface area contributed by atoms with Crippen molar-refractivity contribution in [1.29, 1.82) is 0 Å². The molecule has 1 heterocycles. The van der Waals surface area contributed by atoms with Gasteiger partial charge < -0.3 is 15.5 Å². The van der Waals surface area contributed by atoms with Crippen LogP contribution in [0.3, 0.4) is 0 Å². The van der Waals surface area contributed by atoms with Gasteiger partial charge in [-0.1, -0.05) is 43.6 Å². The molecular formula is C24H37NO2. The Kier molecular flexibility index (Phi) is 4.38. The SMILES string of the molecule is C[C@]12CC[C@@H](O)CC1=C[C@H](O)[C@@H]1[C@@H]2CC[C@]2(C)C(C3CCCCN3)=CC[C@@H]12. The maximum atomic E-state index is 11.2. The van der Waals surface area contributed by atoms with Crippen LogP contribution in [0.4, 0.5) is 0 Å². The molecule has 1 unspecified atom stereocenters. The van der Waals surface area contributed by atoms with Crippen molar-refractivity contribution in [3.05, 3.63) is 23.3 Å². The third-order valence-corrected chi connectivity index (χ3v) is 9.43. The van der Waals surface area contributed by atoms with Gasteiger partial charge in [-0.15, -0.1) is 0 Å². The predicted molar refractivity (Wildman–Crippen MR) is 108 cm³/mol. The lowest BCUT2D eigenvalue weighted by Crippen LogP contribution is -2.55. The maximum Gasteiger partial charge on any atom is 0.0757 e. The molecule has 0 aromatic heterocycles. The molecule has 0 aromatic rings. The van der Waals surface area contributed by atoms with Crippen LogP contribution in [0.1, 0.15) is 71.6 Å². The molecule has 0 radical (unpaired) electrons. The molecule has 0 spiro atoms. The Bertz CT molecular complexity index is 663. The Morgan fingerprint density at radius 1 is 1.00 bits per heavy atom. The summed E-state index contributed by atoms with van der Waals surface area (Å²) in [6, 6.07) is 0.567. The highest BCUT2D eigenvalue weighted by Gasteiger charge is 2.59. The van der Waals surface area contributed by atoms with Gasteiger partial charge in [0, 0.05) is 6.04 Å². The molecule has 3 heteroatoms. The lowest BCUT2D eigenvalue weighted by molar-refractivity contribution is -0.0787. The van der Waals surface area contributed by atoms with Crippen molar-refractivity contribution in [3.8, 4) is 0 Å². The van der Waals surface area contributed by atoms with Crippen molar-refractivity contribution in [2.24, 2.45) is 28.6 Å². The smallest absolute Gasteiger partial charge is 0.0757 e. The Morgan fingerprint density at radius 3 is 2.59 bits per heavy atom. The number of hydrogen-bond acceptors (Lipinski definition) is 3. The second-order valence-corrected chi connectivity index (χ2v) is 10.6. The van der Waals surface area contributed by atoms with E-state index < -0.39 is 0 Å². The zero-order chi connectivity index (χ0) is 18.8. The molecule has 150 valence electrons. The molecule has 3 nitrogen and oxygen atoms in total. The molecule has 2 saturated carbocycles. The monoisotopic (exact) mass is 371 g/mol. The van der Waals surface area contributed by atoms with Gasteiger partial charge in [0.2, 0.25) is 0 Å². The third kappa shape index (κ3) is 2.64. The molecule has 1 aliphatic heterocycles. The van der Waals surface area contributed by atoms with Gasteiger partial charge in [-0.2, -0.15) is 0 Å². The van der Waals surface area contributed by atoms with Crippen LogP contribution in [0.2, 0.25) is 0 Å². The van der Waals surface area contributed by atoms with Gasteiger partial charge in [-0.3, -0.25) is 0 Å².